The van der Waals surface area contributed by atoms with Crippen molar-refractivity contribution in [2.45, 2.75) is 20.0 Å². The van der Waals surface area contributed by atoms with Crippen LogP contribution in [0.4, 0.5) is 0 Å². The highest BCUT2D eigenvalue weighted by Gasteiger charge is 2.18. The van der Waals surface area contributed by atoms with Gasteiger partial charge in [0.25, 0.3) is 10.1 Å². The first kappa shape index (κ1) is 10.4. The molecule has 1 N–H and O–H groups in total. The Hall–Kier alpha value is -0.620. The average molecular weight is 182 g/mol. The minimum Gasteiger partial charge on any atom is -0.479 e. The predicted octanol–water partition coefficient (Wildman–Crippen LogP) is -0.174. The maximum atomic E-state index is 10.6. The van der Waals surface area contributed by atoms with Crippen LogP contribution in [0.2, 0.25) is 0 Å². The van der Waals surface area contributed by atoms with Gasteiger partial charge >= 0.3 is 5.97 Å². The van der Waals surface area contributed by atoms with Gasteiger partial charge in [-0.2, -0.15) is 8.42 Å². The quantitative estimate of drug-likeness (QED) is 0.610. The summed E-state index contributed by atoms with van der Waals surface area (Å²) in [4.78, 5) is 10.1. The lowest BCUT2D eigenvalue weighted by Gasteiger charge is -2.05. The number of aliphatic carboxylic acids is 1. The van der Waals surface area contributed by atoms with Gasteiger partial charge in [-0.25, -0.2) is 4.79 Å². The molecule has 0 radical (unpaired) electrons. The van der Waals surface area contributed by atoms with Gasteiger partial charge in [0.2, 0.25) is 0 Å². The molecule has 66 valence electrons. The van der Waals surface area contributed by atoms with Crippen molar-refractivity contribution in [1.82, 2.24) is 0 Å². The molecule has 0 aromatic rings. The van der Waals surface area contributed by atoms with E-state index in [1.165, 1.54) is 6.92 Å². The van der Waals surface area contributed by atoms with Gasteiger partial charge in [0.05, 0.1) is 5.75 Å². The Morgan fingerprint density at radius 3 is 2.36 bits per heavy atom. The van der Waals surface area contributed by atoms with Crippen molar-refractivity contribution in [2.24, 2.45) is 0 Å². The molecule has 0 aromatic carbocycles. The first-order chi connectivity index (χ1) is 4.89. The molecule has 11 heavy (non-hydrogen) atoms. The van der Waals surface area contributed by atoms with Crippen molar-refractivity contribution in [3.8, 4) is 0 Å². The third kappa shape index (κ3) is 3.94. The van der Waals surface area contributed by atoms with E-state index in [0.717, 1.165) is 6.92 Å². The molecule has 0 bridgehead atoms. The molecule has 6 heteroatoms. The Morgan fingerprint density at radius 1 is 1.64 bits per heavy atom. The molecule has 0 aliphatic rings. The van der Waals surface area contributed by atoms with Crippen molar-refractivity contribution in [3.63, 3.8) is 0 Å². The predicted molar refractivity (Wildman–Crippen MR) is 37.6 cm³/mol. The second-order valence-corrected chi connectivity index (χ2v) is 3.81. The number of hydrogen-bond acceptors (Lipinski definition) is 4. The fourth-order valence-electron chi connectivity index (χ4n) is 0.329. The van der Waals surface area contributed by atoms with Crippen LogP contribution in [0, 0.1) is 0 Å². The summed E-state index contributed by atoms with van der Waals surface area (Å²) < 4.78 is 25.5. The fraction of sp³-hybridized carbons (Fsp3) is 0.800. The SMILES string of the molecule is CCS(=O)(=O)O[C@H](C)C(=O)O. The summed E-state index contributed by atoms with van der Waals surface area (Å²) in [6.45, 7) is 2.54. The van der Waals surface area contributed by atoms with Crippen LogP contribution in [0.3, 0.4) is 0 Å². The number of rotatable bonds is 4. The van der Waals surface area contributed by atoms with Crippen LogP contribution in [0.5, 0.6) is 0 Å². The van der Waals surface area contributed by atoms with Gasteiger partial charge < -0.3 is 5.11 Å². The Balaban J connectivity index is 4.16. The van der Waals surface area contributed by atoms with Crippen LogP contribution >= 0.6 is 0 Å². The van der Waals surface area contributed by atoms with Crippen molar-refractivity contribution >= 4 is 16.1 Å². The standard InChI is InChI=1S/C5H10O5S/c1-3-11(8,9)10-4(2)5(6)7/h4H,3H2,1-2H3,(H,6,7)/t4-/m1/s1. The zero-order valence-corrected chi connectivity index (χ0v) is 7.09. The van der Waals surface area contributed by atoms with Crippen LogP contribution in [-0.2, 0) is 19.1 Å². The third-order valence-corrected chi connectivity index (χ3v) is 2.28. The van der Waals surface area contributed by atoms with Gasteiger partial charge in [-0.1, -0.05) is 0 Å². The molecular formula is C5H10O5S. The maximum Gasteiger partial charge on any atom is 0.334 e. The van der Waals surface area contributed by atoms with Gasteiger partial charge in [-0.05, 0) is 13.8 Å². The summed E-state index contributed by atoms with van der Waals surface area (Å²) in [5.74, 6) is -1.51. The molecule has 0 unspecified atom stereocenters. The van der Waals surface area contributed by atoms with Crippen LogP contribution < -0.4 is 0 Å². The molecule has 1 atom stereocenters. The van der Waals surface area contributed by atoms with E-state index in [2.05, 4.69) is 4.18 Å². The monoisotopic (exact) mass is 182 g/mol. The normalized spacial score (nSPS) is 14.4. The largest absolute Gasteiger partial charge is 0.479 e. The van der Waals surface area contributed by atoms with Crippen LogP contribution in [0.15, 0.2) is 0 Å². The maximum absolute atomic E-state index is 10.6. The lowest BCUT2D eigenvalue weighted by Crippen LogP contribution is -2.24. The first-order valence-electron chi connectivity index (χ1n) is 3.03. The Kier molecular flexibility index (Phi) is 3.47. The van der Waals surface area contributed by atoms with Crippen molar-refractivity contribution in [2.75, 3.05) is 5.75 Å². The van der Waals surface area contributed by atoms with Crippen LogP contribution in [0.1, 0.15) is 13.8 Å². The Morgan fingerprint density at radius 2 is 2.09 bits per heavy atom. The minimum absolute atomic E-state index is 0.218. The third-order valence-electron chi connectivity index (χ3n) is 0.992. The van der Waals surface area contributed by atoms with Crippen molar-refractivity contribution in [3.05, 3.63) is 0 Å². The van der Waals surface area contributed by atoms with Crippen molar-refractivity contribution in [1.29, 1.82) is 0 Å². The van der Waals surface area contributed by atoms with E-state index in [-0.39, 0.29) is 5.75 Å². The smallest absolute Gasteiger partial charge is 0.334 e. The number of carboxylic acid groups (broad SMARTS) is 1. The van der Waals surface area contributed by atoms with Crippen molar-refractivity contribution < 1.29 is 22.5 Å². The van der Waals surface area contributed by atoms with E-state index in [1.54, 1.807) is 0 Å². The zero-order chi connectivity index (χ0) is 9.07. The second kappa shape index (κ2) is 3.68. The van der Waals surface area contributed by atoms with E-state index < -0.39 is 22.2 Å². The molecule has 0 aromatic heterocycles. The molecule has 0 saturated carbocycles. The fourth-order valence-corrected chi connectivity index (χ4v) is 0.987. The number of carboxylic acids is 1. The lowest BCUT2D eigenvalue weighted by molar-refractivity contribution is -0.144. The van der Waals surface area contributed by atoms with Gasteiger partial charge in [-0.3, -0.25) is 4.18 Å². The zero-order valence-electron chi connectivity index (χ0n) is 6.27. The molecule has 0 fully saturated rings. The lowest BCUT2D eigenvalue weighted by atomic mass is 10.4. The minimum atomic E-state index is -3.64. The number of carbonyl (C=O) groups is 1. The first-order valence-corrected chi connectivity index (χ1v) is 4.60. The summed E-state index contributed by atoms with van der Waals surface area (Å²) in [5.41, 5.74) is 0. The Labute approximate surface area is 65.1 Å². The molecule has 0 heterocycles. The van der Waals surface area contributed by atoms with Gasteiger partial charge in [-0.15, -0.1) is 0 Å². The molecule has 0 rings (SSSR count). The van der Waals surface area contributed by atoms with Gasteiger partial charge in [0.15, 0.2) is 6.10 Å². The van der Waals surface area contributed by atoms with Gasteiger partial charge in [0.1, 0.15) is 0 Å². The summed E-state index contributed by atoms with van der Waals surface area (Å²) in [6, 6.07) is 0. The molecule has 5 nitrogen and oxygen atoms in total. The summed E-state index contributed by atoms with van der Waals surface area (Å²) in [7, 11) is -3.64. The molecule has 0 spiro atoms. The molecule has 0 aliphatic carbocycles. The average Bonchev–Trinajstić information content (AvgIpc) is 1.87. The summed E-state index contributed by atoms with van der Waals surface area (Å²) in [6.07, 6.45) is -1.31. The highest BCUT2D eigenvalue weighted by Crippen LogP contribution is 1.99. The molecule has 0 aliphatic heterocycles. The van der Waals surface area contributed by atoms with E-state index in [9.17, 15) is 13.2 Å². The van der Waals surface area contributed by atoms with E-state index >= 15 is 0 Å². The Bertz CT molecular complexity index is 229. The number of hydrogen-bond donors (Lipinski definition) is 1. The highest BCUT2D eigenvalue weighted by molar-refractivity contribution is 7.86. The highest BCUT2D eigenvalue weighted by atomic mass is 32.2. The molecule has 0 amide bonds. The molecule has 0 saturated heterocycles. The second-order valence-electron chi connectivity index (χ2n) is 1.92. The molecular weight excluding hydrogens is 172 g/mol. The summed E-state index contributed by atoms with van der Waals surface area (Å²) in [5, 5.41) is 8.25. The van der Waals surface area contributed by atoms with E-state index in [1.807, 2.05) is 0 Å². The topological polar surface area (TPSA) is 80.7 Å². The van der Waals surface area contributed by atoms with Gasteiger partial charge in [0, 0.05) is 0 Å². The van der Waals surface area contributed by atoms with Crippen LogP contribution in [0.25, 0.3) is 0 Å². The van der Waals surface area contributed by atoms with E-state index in [4.69, 9.17) is 5.11 Å². The van der Waals surface area contributed by atoms with E-state index in [0.29, 0.717) is 0 Å². The van der Waals surface area contributed by atoms with Crippen LogP contribution in [-0.4, -0.2) is 31.4 Å². The summed E-state index contributed by atoms with van der Waals surface area (Å²) >= 11 is 0.